The van der Waals surface area contributed by atoms with Crippen LogP contribution >= 0.6 is 0 Å². The van der Waals surface area contributed by atoms with E-state index in [1.807, 2.05) is 78.9 Å². The van der Waals surface area contributed by atoms with Gasteiger partial charge in [0.05, 0.1) is 0 Å². The van der Waals surface area contributed by atoms with E-state index in [1.165, 1.54) is 18.7 Å². The average molecular weight is 644 g/mol. The molecule has 248 valence electrons. The Labute approximate surface area is 274 Å². The highest BCUT2D eigenvalue weighted by Gasteiger charge is 2.42. The maximum absolute atomic E-state index is 13.6. The number of ether oxygens (including phenoxy) is 3. The van der Waals surface area contributed by atoms with E-state index in [2.05, 4.69) is 10.6 Å². The van der Waals surface area contributed by atoms with Crippen LogP contribution in [0.1, 0.15) is 56.2 Å². The van der Waals surface area contributed by atoms with Gasteiger partial charge in [-0.15, -0.1) is 0 Å². The summed E-state index contributed by atoms with van der Waals surface area (Å²) in [5.74, 6) is -2.28. The molecule has 4 rings (SSSR count). The van der Waals surface area contributed by atoms with E-state index in [1.54, 1.807) is 12.1 Å². The van der Waals surface area contributed by atoms with Crippen molar-refractivity contribution in [1.82, 2.24) is 15.5 Å². The van der Waals surface area contributed by atoms with Gasteiger partial charge in [0, 0.05) is 13.0 Å². The highest BCUT2D eigenvalue weighted by atomic mass is 16.6. The second kappa shape index (κ2) is 16.9. The molecule has 3 aromatic rings. The maximum Gasteiger partial charge on any atom is 0.408 e. The van der Waals surface area contributed by atoms with Gasteiger partial charge < -0.3 is 29.7 Å². The maximum atomic E-state index is 13.6. The Balaban J connectivity index is 1.36. The van der Waals surface area contributed by atoms with Crippen LogP contribution in [0.25, 0.3) is 0 Å². The number of hydrogen-bond donors (Lipinski definition) is 2. The fraction of sp³-hybridized carbons (Fsp3) is 0.361. The predicted molar refractivity (Wildman–Crippen MR) is 172 cm³/mol. The van der Waals surface area contributed by atoms with E-state index in [-0.39, 0.29) is 39.2 Å². The van der Waals surface area contributed by atoms with E-state index in [0.717, 1.165) is 16.7 Å². The molecule has 0 aromatic heterocycles. The lowest BCUT2D eigenvalue weighted by molar-refractivity contribution is -0.151. The Morgan fingerprint density at radius 1 is 0.766 bits per heavy atom. The zero-order chi connectivity index (χ0) is 33.6. The summed E-state index contributed by atoms with van der Waals surface area (Å²) in [6, 6.07) is 25.4. The molecular weight excluding hydrogens is 602 g/mol. The minimum Gasteiger partial charge on any atom is -0.461 e. The molecule has 1 fully saturated rings. The third-order valence-electron chi connectivity index (χ3n) is 7.68. The summed E-state index contributed by atoms with van der Waals surface area (Å²) < 4.78 is 16.1. The average Bonchev–Trinajstić information content (AvgIpc) is 3.58. The summed E-state index contributed by atoms with van der Waals surface area (Å²) in [6.07, 6.45) is -0.0703. The van der Waals surface area contributed by atoms with Gasteiger partial charge in [0.1, 0.15) is 37.4 Å². The molecular formula is C36H41N3O8. The number of hydrogen-bond acceptors (Lipinski definition) is 8. The first-order valence-corrected chi connectivity index (χ1v) is 15.6. The summed E-state index contributed by atoms with van der Waals surface area (Å²) in [7, 11) is 0. The fourth-order valence-electron chi connectivity index (χ4n) is 5.13. The highest BCUT2D eigenvalue weighted by Crippen LogP contribution is 2.22. The van der Waals surface area contributed by atoms with Crippen molar-refractivity contribution < 1.29 is 38.2 Å². The molecule has 0 bridgehead atoms. The molecule has 2 atom stereocenters. The molecule has 0 radical (unpaired) electrons. The molecule has 0 unspecified atom stereocenters. The second-order valence-corrected chi connectivity index (χ2v) is 11.8. The van der Waals surface area contributed by atoms with E-state index >= 15 is 0 Å². The lowest BCUT2D eigenvalue weighted by Gasteiger charge is -2.33. The number of benzene rings is 3. The summed E-state index contributed by atoms with van der Waals surface area (Å²) in [6.45, 7) is 3.47. The van der Waals surface area contributed by atoms with Gasteiger partial charge in [-0.05, 0) is 49.8 Å². The molecule has 11 nitrogen and oxygen atoms in total. The van der Waals surface area contributed by atoms with Gasteiger partial charge in [0.2, 0.25) is 11.8 Å². The van der Waals surface area contributed by atoms with Gasteiger partial charge in [-0.1, -0.05) is 91.0 Å². The van der Waals surface area contributed by atoms with Crippen molar-refractivity contribution in [2.45, 2.75) is 77.0 Å². The number of carbonyl (C=O) groups is 5. The highest BCUT2D eigenvalue weighted by molar-refractivity contribution is 5.95. The summed E-state index contributed by atoms with van der Waals surface area (Å²) in [5.41, 5.74) is 0.996. The Bertz CT molecular complexity index is 1500. The number of alkyl carbamates (subject to hydrolysis) is 1. The Kier molecular flexibility index (Phi) is 12.5. The van der Waals surface area contributed by atoms with Gasteiger partial charge >= 0.3 is 18.0 Å². The van der Waals surface area contributed by atoms with Gasteiger partial charge in [0.15, 0.2) is 0 Å². The number of esters is 2. The van der Waals surface area contributed by atoms with Crippen LogP contribution in [0, 0.1) is 0 Å². The van der Waals surface area contributed by atoms with Crippen LogP contribution < -0.4 is 10.6 Å². The Morgan fingerprint density at radius 2 is 1.28 bits per heavy atom. The lowest BCUT2D eigenvalue weighted by atomic mass is 10.0. The normalized spacial score (nSPS) is 14.9. The SMILES string of the molecule is CC(C)(NC(=O)OCc1ccccc1)C(=O)N1CCC[C@H]1C(=O)N[C@@H](CCC(=O)OCc1ccccc1)C(=O)OCc1ccccc1. The van der Waals surface area contributed by atoms with Crippen molar-refractivity contribution in [2.75, 3.05) is 6.54 Å². The molecule has 47 heavy (non-hydrogen) atoms. The molecule has 1 heterocycles. The topological polar surface area (TPSA) is 140 Å². The van der Waals surface area contributed by atoms with Gasteiger partial charge in [-0.2, -0.15) is 0 Å². The molecule has 3 amide bonds. The molecule has 1 aliphatic rings. The predicted octanol–water partition coefficient (Wildman–Crippen LogP) is 4.43. The van der Waals surface area contributed by atoms with Crippen molar-refractivity contribution >= 4 is 29.8 Å². The Hall–Kier alpha value is -5.19. The van der Waals surface area contributed by atoms with Crippen molar-refractivity contribution in [3.8, 4) is 0 Å². The summed E-state index contributed by atoms with van der Waals surface area (Å²) in [4.78, 5) is 66.8. The monoisotopic (exact) mass is 643 g/mol. The number of nitrogens with one attached hydrogen (secondary N) is 2. The quantitative estimate of drug-likeness (QED) is 0.194. The molecule has 1 saturated heterocycles. The van der Waals surface area contributed by atoms with E-state index in [0.29, 0.717) is 12.8 Å². The van der Waals surface area contributed by atoms with Crippen LogP contribution in [0.4, 0.5) is 4.79 Å². The second-order valence-electron chi connectivity index (χ2n) is 11.8. The van der Waals surface area contributed by atoms with Gasteiger partial charge in [0.25, 0.3) is 0 Å². The Morgan fingerprint density at radius 3 is 1.83 bits per heavy atom. The number of likely N-dealkylation sites (tertiary alicyclic amines) is 1. The van der Waals surface area contributed by atoms with Crippen LogP contribution in [0.3, 0.4) is 0 Å². The first-order chi connectivity index (χ1) is 22.6. The number of amides is 3. The van der Waals surface area contributed by atoms with Crippen LogP contribution in [0.2, 0.25) is 0 Å². The van der Waals surface area contributed by atoms with E-state index in [9.17, 15) is 24.0 Å². The van der Waals surface area contributed by atoms with E-state index in [4.69, 9.17) is 14.2 Å². The van der Waals surface area contributed by atoms with Crippen LogP contribution in [0.15, 0.2) is 91.0 Å². The van der Waals surface area contributed by atoms with Crippen molar-refractivity contribution in [3.05, 3.63) is 108 Å². The molecule has 1 aliphatic heterocycles. The smallest absolute Gasteiger partial charge is 0.408 e. The lowest BCUT2D eigenvalue weighted by Crippen LogP contribution is -2.59. The summed E-state index contributed by atoms with van der Waals surface area (Å²) in [5, 5.41) is 5.31. The molecule has 2 N–H and O–H groups in total. The van der Waals surface area contributed by atoms with Crippen molar-refractivity contribution in [3.63, 3.8) is 0 Å². The fourth-order valence-corrected chi connectivity index (χ4v) is 5.13. The van der Waals surface area contributed by atoms with E-state index < -0.39 is 47.5 Å². The third-order valence-corrected chi connectivity index (χ3v) is 7.68. The van der Waals surface area contributed by atoms with Crippen molar-refractivity contribution in [2.24, 2.45) is 0 Å². The van der Waals surface area contributed by atoms with Gasteiger partial charge in [-0.25, -0.2) is 9.59 Å². The zero-order valence-electron chi connectivity index (χ0n) is 26.7. The molecule has 11 heteroatoms. The number of rotatable bonds is 14. The largest absolute Gasteiger partial charge is 0.461 e. The zero-order valence-corrected chi connectivity index (χ0v) is 26.7. The first kappa shape index (κ1) is 34.7. The molecule has 3 aromatic carbocycles. The number of nitrogens with zero attached hydrogens (tertiary/aromatic N) is 1. The standard InChI is InChI=1S/C36H41N3O8/c1-36(2,38-35(44)47-25-28-17-10-5-11-18-28)34(43)39-22-12-19-30(39)32(41)37-29(33(42)46-24-27-15-8-4-9-16-27)20-21-31(40)45-23-26-13-6-3-7-14-26/h3-11,13-18,29-30H,12,19-25H2,1-2H3,(H,37,41)(H,38,44)/t29-,30-/m0/s1. The third kappa shape index (κ3) is 10.7. The van der Waals surface area contributed by atoms with Crippen LogP contribution in [-0.2, 0) is 53.2 Å². The minimum atomic E-state index is -1.38. The van der Waals surface area contributed by atoms with Crippen molar-refractivity contribution in [1.29, 1.82) is 0 Å². The first-order valence-electron chi connectivity index (χ1n) is 15.6. The van der Waals surface area contributed by atoms with Crippen LogP contribution in [-0.4, -0.2) is 58.9 Å². The van der Waals surface area contributed by atoms with Crippen LogP contribution in [0.5, 0.6) is 0 Å². The molecule has 0 saturated carbocycles. The van der Waals surface area contributed by atoms with Gasteiger partial charge in [-0.3, -0.25) is 14.4 Å². The molecule has 0 spiro atoms. The molecule has 0 aliphatic carbocycles. The summed E-state index contributed by atoms with van der Waals surface area (Å²) >= 11 is 0. The minimum absolute atomic E-state index is 0.0151. The number of carbonyl (C=O) groups excluding carboxylic acids is 5.